The van der Waals surface area contributed by atoms with E-state index in [2.05, 4.69) is 10.3 Å². The fraction of sp³-hybridized carbons (Fsp3) is 0.353. The average molecular weight is 317 g/mol. The third-order valence-corrected chi connectivity index (χ3v) is 3.50. The summed E-state index contributed by atoms with van der Waals surface area (Å²) in [5, 5.41) is 12.8. The number of nitrogens with two attached hydrogens (primary N) is 1. The zero-order chi connectivity index (χ0) is 16.8. The number of methoxy groups -OCH3 is 1. The van der Waals surface area contributed by atoms with E-state index in [0.29, 0.717) is 23.9 Å². The van der Waals surface area contributed by atoms with Gasteiger partial charge in [-0.1, -0.05) is 19.1 Å². The molecular weight excluding hydrogens is 294 g/mol. The van der Waals surface area contributed by atoms with Gasteiger partial charge in [-0.25, -0.2) is 0 Å². The van der Waals surface area contributed by atoms with Crippen molar-refractivity contribution in [1.82, 2.24) is 4.98 Å². The van der Waals surface area contributed by atoms with Crippen LogP contribution in [0.3, 0.4) is 0 Å². The van der Waals surface area contributed by atoms with E-state index in [1.807, 2.05) is 26.0 Å². The van der Waals surface area contributed by atoms with Gasteiger partial charge in [-0.05, 0) is 31.0 Å². The van der Waals surface area contributed by atoms with E-state index in [4.69, 9.17) is 15.2 Å². The van der Waals surface area contributed by atoms with Crippen LogP contribution in [0.1, 0.15) is 18.9 Å². The van der Waals surface area contributed by atoms with E-state index in [1.54, 1.807) is 31.4 Å². The first-order valence-corrected chi connectivity index (χ1v) is 7.53. The number of hydrogen-bond acceptors (Lipinski definition) is 6. The second-order valence-corrected chi connectivity index (χ2v) is 5.26. The average Bonchev–Trinajstić information content (AvgIpc) is 2.56. The number of benzene rings is 1. The van der Waals surface area contributed by atoms with Crippen molar-refractivity contribution in [3.8, 4) is 17.4 Å². The van der Waals surface area contributed by atoms with Gasteiger partial charge < -0.3 is 25.6 Å². The van der Waals surface area contributed by atoms with Gasteiger partial charge in [0.05, 0.1) is 7.11 Å². The van der Waals surface area contributed by atoms with E-state index in [-0.39, 0.29) is 6.04 Å². The number of aliphatic hydroxyl groups excluding tert-OH is 1. The summed E-state index contributed by atoms with van der Waals surface area (Å²) in [6.07, 6.45) is -0.199. The molecule has 2 aromatic rings. The monoisotopic (exact) mass is 317 g/mol. The molecule has 0 aliphatic carbocycles. The lowest BCUT2D eigenvalue weighted by atomic mass is 10.2. The van der Waals surface area contributed by atoms with Gasteiger partial charge in [-0.3, -0.25) is 0 Å². The van der Waals surface area contributed by atoms with Gasteiger partial charge in [0.15, 0.2) is 0 Å². The summed E-state index contributed by atoms with van der Waals surface area (Å²) in [6, 6.07) is 10.5. The molecule has 1 unspecified atom stereocenters. The Labute approximate surface area is 136 Å². The summed E-state index contributed by atoms with van der Waals surface area (Å²) in [5.41, 5.74) is 6.81. The molecule has 0 saturated carbocycles. The summed E-state index contributed by atoms with van der Waals surface area (Å²) in [4.78, 5) is 4.31. The summed E-state index contributed by atoms with van der Waals surface area (Å²) in [5.74, 6) is 2.29. The molecule has 1 aromatic heterocycles. The van der Waals surface area contributed by atoms with Crippen molar-refractivity contribution < 1.29 is 14.6 Å². The topological polar surface area (TPSA) is 89.6 Å². The van der Waals surface area contributed by atoms with Gasteiger partial charge in [-0.2, -0.15) is 4.98 Å². The smallest absolute Gasteiger partial charge is 0.221 e. The van der Waals surface area contributed by atoms with Crippen molar-refractivity contribution in [2.75, 3.05) is 12.4 Å². The molecule has 0 amide bonds. The first kappa shape index (κ1) is 17.1. The Morgan fingerprint density at radius 3 is 2.78 bits per heavy atom. The molecule has 1 heterocycles. The van der Waals surface area contributed by atoms with Crippen LogP contribution in [0.15, 0.2) is 36.4 Å². The highest BCUT2D eigenvalue weighted by Crippen LogP contribution is 2.27. The standard InChI is InChI=1S/C17H23N3O3/c1-4-13(18)17(21)20-15-6-5-7-16(19-15)23-12-9-8-11(2)14(10-12)22-3/h5-10,13,17,21H,4,18H2,1-3H3,(H,19,20)/t13-,17?/m1/s1. The van der Waals surface area contributed by atoms with Gasteiger partial charge in [0.2, 0.25) is 5.88 Å². The maximum atomic E-state index is 9.92. The number of rotatable bonds is 7. The Bertz CT molecular complexity index is 649. The predicted molar refractivity (Wildman–Crippen MR) is 89.9 cm³/mol. The minimum atomic E-state index is -0.859. The quantitative estimate of drug-likeness (QED) is 0.680. The molecule has 2 rings (SSSR count). The molecule has 2 atom stereocenters. The molecule has 0 radical (unpaired) electrons. The number of hydrogen-bond donors (Lipinski definition) is 3. The summed E-state index contributed by atoms with van der Waals surface area (Å²) >= 11 is 0. The highest BCUT2D eigenvalue weighted by molar-refractivity contribution is 5.43. The largest absolute Gasteiger partial charge is 0.496 e. The fourth-order valence-electron chi connectivity index (χ4n) is 2.02. The van der Waals surface area contributed by atoms with Crippen LogP contribution in [-0.4, -0.2) is 29.5 Å². The van der Waals surface area contributed by atoms with E-state index in [9.17, 15) is 5.11 Å². The van der Waals surface area contributed by atoms with Crippen LogP contribution in [0.5, 0.6) is 17.4 Å². The molecule has 0 bridgehead atoms. The second-order valence-electron chi connectivity index (χ2n) is 5.26. The van der Waals surface area contributed by atoms with Gasteiger partial charge in [0.25, 0.3) is 0 Å². The molecule has 124 valence electrons. The Hall–Kier alpha value is -2.31. The zero-order valence-corrected chi connectivity index (χ0v) is 13.6. The van der Waals surface area contributed by atoms with E-state index >= 15 is 0 Å². The Kier molecular flexibility index (Phi) is 5.78. The third-order valence-electron chi connectivity index (χ3n) is 3.50. The molecule has 0 fully saturated rings. The van der Waals surface area contributed by atoms with Crippen LogP contribution in [0.25, 0.3) is 0 Å². The number of pyridine rings is 1. The number of ether oxygens (including phenoxy) is 2. The number of nitrogens with zero attached hydrogens (tertiary/aromatic N) is 1. The minimum Gasteiger partial charge on any atom is -0.496 e. The molecular formula is C17H23N3O3. The van der Waals surface area contributed by atoms with Crippen molar-refractivity contribution in [2.45, 2.75) is 32.5 Å². The maximum absolute atomic E-state index is 9.92. The maximum Gasteiger partial charge on any atom is 0.221 e. The highest BCUT2D eigenvalue weighted by atomic mass is 16.5. The van der Waals surface area contributed by atoms with Crippen LogP contribution in [-0.2, 0) is 0 Å². The SMILES string of the molecule is CC[C@@H](N)C(O)Nc1cccc(Oc2ccc(C)c(OC)c2)n1. The lowest BCUT2D eigenvalue weighted by molar-refractivity contribution is 0.169. The van der Waals surface area contributed by atoms with Gasteiger partial charge in [0.1, 0.15) is 23.5 Å². The summed E-state index contributed by atoms with van der Waals surface area (Å²) in [7, 11) is 1.62. The molecule has 0 spiro atoms. The number of anilines is 1. The van der Waals surface area contributed by atoms with Crippen molar-refractivity contribution in [3.05, 3.63) is 42.0 Å². The highest BCUT2D eigenvalue weighted by Gasteiger charge is 2.13. The van der Waals surface area contributed by atoms with Crippen molar-refractivity contribution in [2.24, 2.45) is 5.73 Å². The molecule has 4 N–H and O–H groups in total. The Morgan fingerprint density at radius 2 is 2.09 bits per heavy atom. The van der Waals surface area contributed by atoms with Crippen LogP contribution in [0, 0.1) is 6.92 Å². The molecule has 6 heteroatoms. The molecule has 1 aromatic carbocycles. The van der Waals surface area contributed by atoms with Crippen molar-refractivity contribution in [3.63, 3.8) is 0 Å². The fourth-order valence-corrected chi connectivity index (χ4v) is 2.02. The number of aryl methyl sites for hydroxylation is 1. The van der Waals surface area contributed by atoms with Gasteiger partial charge in [0, 0.05) is 18.2 Å². The number of aliphatic hydroxyl groups is 1. The second kappa shape index (κ2) is 7.80. The van der Waals surface area contributed by atoms with E-state index < -0.39 is 6.23 Å². The van der Waals surface area contributed by atoms with E-state index in [0.717, 1.165) is 11.3 Å². The molecule has 23 heavy (non-hydrogen) atoms. The zero-order valence-electron chi connectivity index (χ0n) is 13.6. The van der Waals surface area contributed by atoms with Crippen molar-refractivity contribution >= 4 is 5.82 Å². The molecule has 6 nitrogen and oxygen atoms in total. The van der Waals surface area contributed by atoms with Crippen LogP contribution in [0.4, 0.5) is 5.82 Å². The first-order valence-electron chi connectivity index (χ1n) is 7.53. The molecule has 0 saturated heterocycles. The molecule has 0 aliphatic rings. The van der Waals surface area contributed by atoms with Crippen molar-refractivity contribution in [1.29, 1.82) is 0 Å². The van der Waals surface area contributed by atoms with Crippen LogP contribution < -0.4 is 20.5 Å². The van der Waals surface area contributed by atoms with Gasteiger partial charge >= 0.3 is 0 Å². The van der Waals surface area contributed by atoms with Gasteiger partial charge in [-0.15, -0.1) is 0 Å². The number of nitrogens with one attached hydrogen (secondary N) is 1. The summed E-state index contributed by atoms with van der Waals surface area (Å²) < 4.78 is 11.0. The Morgan fingerprint density at radius 1 is 1.30 bits per heavy atom. The lowest BCUT2D eigenvalue weighted by Crippen LogP contribution is -2.39. The number of aromatic nitrogens is 1. The summed E-state index contributed by atoms with van der Waals surface area (Å²) in [6.45, 7) is 3.87. The minimum absolute atomic E-state index is 0.359. The lowest BCUT2D eigenvalue weighted by Gasteiger charge is -2.19. The predicted octanol–water partition coefficient (Wildman–Crippen LogP) is 2.66. The molecule has 0 aliphatic heterocycles. The Balaban J connectivity index is 2.11. The third kappa shape index (κ3) is 4.58. The first-order chi connectivity index (χ1) is 11.0. The normalized spacial score (nSPS) is 13.3. The van der Waals surface area contributed by atoms with Crippen LogP contribution in [0.2, 0.25) is 0 Å². The van der Waals surface area contributed by atoms with Crippen LogP contribution >= 0.6 is 0 Å². The van der Waals surface area contributed by atoms with E-state index in [1.165, 1.54) is 0 Å².